The molecule has 0 saturated carbocycles. The fraction of sp³-hybridized carbons (Fsp3) is 0.227. The van der Waals surface area contributed by atoms with E-state index in [2.05, 4.69) is 10.3 Å². The van der Waals surface area contributed by atoms with E-state index >= 15 is 0 Å². The Labute approximate surface area is 166 Å². The van der Waals surface area contributed by atoms with Crippen molar-refractivity contribution in [3.05, 3.63) is 70.3 Å². The van der Waals surface area contributed by atoms with E-state index in [-0.39, 0.29) is 23.6 Å². The summed E-state index contributed by atoms with van der Waals surface area (Å²) in [6, 6.07) is 13.3. The Morgan fingerprint density at radius 3 is 2.90 bits per heavy atom. The highest BCUT2D eigenvalue weighted by Crippen LogP contribution is 2.24. The van der Waals surface area contributed by atoms with Gasteiger partial charge in [0.25, 0.3) is 5.56 Å². The van der Waals surface area contributed by atoms with Crippen molar-refractivity contribution in [2.45, 2.75) is 19.9 Å². The van der Waals surface area contributed by atoms with Crippen molar-refractivity contribution in [2.75, 3.05) is 13.7 Å². The second-order valence-corrected chi connectivity index (χ2v) is 6.87. The van der Waals surface area contributed by atoms with Crippen LogP contribution in [0.15, 0.2) is 58.0 Å². The van der Waals surface area contributed by atoms with Gasteiger partial charge < -0.3 is 14.5 Å². The van der Waals surface area contributed by atoms with E-state index < -0.39 is 0 Å². The monoisotopic (exact) mass is 391 g/mol. The predicted molar refractivity (Wildman–Crippen MR) is 110 cm³/mol. The molecular weight excluding hydrogens is 370 g/mol. The zero-order valence-corrected chi connectivity index (χ0v) is 16.3. The number of carbonyl (C=O) groups excluding carboxylic acids is 1. The largest absolute Gasteiger partial charge is 0.496 e. The van der Waals surface area contributed by atoms with Gasteiger partial charge in [0.1, 0.15) is 23.4 Å². The highest BCUT2D eigenvalue weighted by molar-refractivity contribution is 6.01. The van der Waals surface area contributed by atoms with Crippen LogP contribution in [-0.4, -0.2) is 29.1 Å². The number of ether oxygens (including phenoxy) is 1. The number of aryl methyl sites for hydroxylation is 1. The van der Waals surface area contributed by atoms with Crippen molar-refractivity contribution in [1.82, 2.24) is 14.9 Å². The number of nitrogens with one attached hydrogen (secondary N) is 1. The maximum atomic E-state index is 12.7. The van der Waals surface area contributed by atoms with Gasteiger partial charge in [-0.2, -0.15) is 0 Å². The lowest BCUT2D eigenvalue weighted by Crippen LogP contribution is -2.33. The maximum absolute atomic E-state index is 12.7. The molecule has 0 aliphatic carbocycles. The predicted octanol–water partition coefficient (Wildman–Crippen LogP) is 2.82. The Kier molecular flexibility index (Phi) is 5.03. The number of methoxy groups -OCH3 is 1. The Hall–Kier alpha value is -3.61. The van der Waals surface area contributed by atoms with Gasteiger partial charge in [-0.05, 0) is 37.1 Å². The lowest BCUT2D eigenvalue weighted by molar-refractivity contribution is -0.121. The Balaban J connectivity index is 1.45. The first kappa shape index (κ1) is 18.7. The minimum atomic E-state index is -0.373. The summed E-state index contributed by atoms with van der Waals surface area (Å²) in [6.07, 6.45) is 2.02. The number of nitrogens with zero attached hydrogens (tertiary/aromatic N) is 2. The van der Waals surface area contributed by atoms with Crippen molar-refractivity contribution in [2.24, 2.45) is 0 Å². The molecule has 148 valence electrons. The lowest BCUT2D eigenvalue weighted by Gasteiger charge is -2.11. The molecule has 0 atom stereocenters. The van der Waals surface area contributed by atoms with Crippen LogP contribution in [-0.2, 0) is 17.8 Å². The summed E-state index contributed by atoms with van der Waals surface area (Å²) in [6.45, 7) is 2.33. The van der Waals surface area contributed by atoms with Gasteiger partial charge in [0.05, 0.1) is 13.4 Å². The molecule has 2 aromatic carbocycles. The van der Waals surface area contributed by atoms with Crippen LogP contribution in [0.25, 0.3) is 22.1 Å². The number of furan rings is 1. The van der Waals surface area contributed by atoms with Gasteiger partial charge in [-0.15, -0.1) is 0 Å². The molecular formula is C22H21N3O4. The third kappa shape index (κ3) is 3.71. The number of carbonyl (C=O) groups is 1. The molecule has 1 N–H and O–H groups in total. The molecule has 0 aliphatic rings. The van der Waals surface area contributed by atoms with E-state index in [1.807, 2.05) is 43.3 Å². The molecule has 0 fully saturated rings. The summed E-state index contributed by atoms with van der Waals surface area (Å²) in [5, 5.41) is 3.62. The number of amides is 1. The average molecular weight is 391 g/mol. The van der Waals surface area contributed by atoms with Crippen molar-refractivity contribution in [3.63, 3.8) is 0 Å². The zero-order valence-electron chi connectivity index (χ0n) is 16.3. The second-order valence-electron chi connectivity index (χ2n) is 6.87. The molecule has 0 aliphatic heterocycles. The van der Waals surface area contributed by atoms with Crippen LogP contribution in [0, 0.1) is 6.92 Å². The molecule has 7 nitrogen and oxygen atoms in total. The SMILES string of the molecule is COc1ccc(C)cc1CCNC(=O)Cn1cnc2c(oc3ccccc32)c1=O. The van der Waals surface area contributed by atoms with Crippen LogP contribution in [0.3, 0.4) is 0 Å². The quantitative estimate of drug-likeness (QED) is 0.546. The smallest absolute Gasteiger partial charge is 0.297 e. The normalized spacial score (nSPS) is 11.1. The summed E-state index contributed by atoms with van der Waals surface area (Å²) < 4.78 is 12.3. The maximum Gasteiger partial charge on any atom is 0.297 e. The van der Waals surface area contributed by atoms with E-state index in [0.717, 1.165) is 22.3 Å². The Morgan fingerprint density at radius 1 is 1.24 bits per heavy atom. The molecule has 2 aromatic heterocycles. The molecule has 0 spiro atoms. The Bertz CT molecular complexity index is 1260. The topological polar surface area (TPSA) is 86.4 Å². The van der Waals surface area contributed by atoms with Crippen LogP contribution >= 0.6 is 0 Å². The second kappa shape index (κ2) is 7.79. The molecule has 29 heavy (non-hydrogen) atoms. The van der Waals surface area contributed by atoms with Crippen molar-refractivity contribution < 1.29 is 13.9 Å². The standard InChI is InChI=1S/C22H21N3O4/c1-14-7-8-17(28-2)15(11-14)9-10-23-19(26)12-25-13-24-20-16-5-3-4-6-18(16)29-21(20)22(25)27/h3-8,11,13H,9-10,12H2,1-2H3,(H,23,26). The molecule has 0 bridgehead atoms. The summed E-state index contributed by atoms with van der Waals surface area (Å²) in [4.78, 5) is 29.3. The lowest BCUT2D eigenvalue weighted by atomic mass is 10.1. The number of fused-ring (bicyclic) bond motifs is 3. The number of hydrogen-bond acceptors (Lipinski definition) is 5. The molecule has 1 amide bonds. The molecule has 0 unspecified atom stereocenters. The van der Waals surface area contributed by atoms with Gasteiger partial charge in [-0.3, -0.25) is 14.2 Å². The summed E-state index contributed by atoms with van der Waals surface area (Å²) in [7, 11) is 1.63. The zero-order chi connectivity index (χ0) is 20.4. The minimum absolute atomic E-state index is 0.121. The van der Waals surface area contributed by atoms with Crippen molar-refractivity contribution >= 4 is 28.0 Å². The highest BCUT2D eigenvalue weighted by Gasteiger charge is 2.14. The van der Waals surface area contributed by atoms with E-state index in [1.165, 1.54) is 10.9 Å². The number of aromatic nitrogens is 2. The summed E-state index contributed by atoms with van der Waals surface area (Å²) >= 11 is 0. The van der Waals surface area contributed by atoms with E-state index in [0.29, 0.717) is 24.1 Å². The fourth-order valence-electron chi connectivity index (χ4n) is 3.38. The number of benzene rings is 2. The van der Waals surface area contributed by atoms with Gasteiger partial charge in [-0.1, -0.05) is 29.8 Å². The van der Waals surface area contributed by atoms with Crippen LogP contribution < -0.4 is 15.6 Å². The number of hydrogen-bond donors (Lipinski definition) is 1. The fourth-order valence-corrected chi connectivity index (χ4v) is 3.38. The third-order valence-electron chi connectivity index (χ3n) is 4.82. The van der Waals surface area contributed by atoms with Gasteiger partial charge in [0, 0.05) is 11.9 Å². The molecule has 7 heteroatoms. The third-order valence-corrected chi connectivity index (χ3v) is 4.82. The minimum Gasteiger partial charge on any atom is -0.496 e. The first-order valence-corrected chi connectivity index (χ1v) is 9.33. The van der Waals surface area contributed by atoms with Crippen LogP contribution in [0.2, 0.25) is 0 Å². The van der Waals surface area contributed by atoms with E-state index in [9.17, 15) is 9.59 Å². The molecule has 4 aromatic rings. The Morgan fingerprint density at radius 2 is 2.07 bits per heavy atom. The molecule has 0 radical (unpaired) electrons. The van der Waals surface area contributed by atoms with Crippen molar-refractivity contribution in [3.8, 4) is 5.75 Å². The van der Waals surface area contributed by atoms with Gasteiger partial charge in [0.15, 0.2) is 0 Å². The molecule has 4 rings (SSSR count). The first-order valence-electron chi connectivity index (χ1n) is 9.33. The molecule has 2 heterocycles. The van der Waals surface area contributed by atoms with Gasteiger partial charge in [-0.25, -0.2) is 4.98 Å². The van der Waals surface area contributed by atoms with Gasteiger partial charge in [0.2, 0.25) is 11.5 Å². The summed E-state index contributed by atoms with van der Waals surface area (Å²) in [5.74, 6) is 0.525. The summed E-state index contributed by atoms with van der Waals surface area (Å²) in [5.41, 5.74) is 3.04. The highest BCUT2D eigenvalue weighted by atomic mass is 16.5. The van der Waals surface area contributed by atoms with Crippen LogP contribution in [0.4, 0.5) is 0 Å². The van der Waals surface area contributed by atoms with E-state index in [1.54, 1.807) is 13.2 Å². The van der Waals surface area contributed by atoms with Crippen LogP contribution in [0.1, 0.15) is 11.1 Å². The average Bonchev–Trinajstić information content (AvgIpc) is 3.10. The number of para-hydroxylation sites is 1. The van der Waals surface area contributed by atoms with E-state index in [4.69, 9.17) is 9.15 Å². The van der Waals surface area contributed by atoms with Crippen molar-refractivity contribution in [1.29, 1.82) is 0 Å². The molecule has 0 saturated heterocycles. The first-order chi connectivity index (χ1) is 14.1. The van der Waals surface area contributed by atoms with Gasteiger partial charge >= 0.3 is 0 Å². The van der Waals surface area contributed by atoms with Crippen LogP contribution in [0.5, 0.6) is 5.75 Å². The number of rotatable bonds is 6.